The van der Waals surface area contributed by atoms with E-state index in [0.29, 0.717) is 54.2 Å². The molecule has 2 aliphatic heterocycles. The Morgan fingerprint density at radius 1 is 0.901 bits per heavy atom. The lowest BCUT2D eigenvalue weighted by molar-refractivity contribution is -0.384. The van der Waals surface area contributed by atoms with Crippen molar-refractivity contribution >= 4 is 23.6 Å². The lowest BCUT2D eigenvalue weighted by Gasteiger charge is -2.59. The molecule has 1 fully saturated rings. The number of nitrogens with zero attached hydrogens (tertiary/aromatic N) is 3. The molecule has 3 N–H and O–H groups in total. The van der Waals surface area contributed by atoms with E-state index in [4.69, 9.17) is 38.4 Å². The van der Waals surface area contributed by atoms with Crippen molar-refractivity contribution in [2.75, 3.05) is 26.6 Å². The summed E-state index contributed by atoms with van der Waals surface area (Å²) in [4.78, 5) is 47.5. The summed E-state index contributed by atoms with van der Waals surface area (Å²) in [5.41, 5.74) is 2.78. The van der Waals surface area contributed by atoms with Crippen LogP contribution in [0.25, 0.3) is 0 Å². The lowest BCUT2D eigenvalue weighted by atomic mass is 9.55. The Morgan fingerprint density at radius 3 is 2.34 bits per heavy atom. The zero-order valence-electron chi connectivity index (χ0n) is 40.3. The fourth-order valence-corrected chi connectivity index (χ4v) is 10.2. The van der Waals surface area contributed by atoms with E-state index < -0.39 is 46.4 Å². The van der Waals surface area contributed by atoms with E-state index in [1.165, 1.54) is 29.2 Å². The third-order valence-corrected chi connectivity index (χ3v) is 13.2. The standard InChI is InChI=1S/C54H62N4O13/c1-5-27-67-54-48(57(33-36-17-23-46-47(28-36)66-34-65-46)52(62)69-39-20-18-38(19-21-39)58(63)64)31-44(56-71-53(2,3)4)42-29-37(15-9-11-25-59)41(16-10-12-26-60)49(50(42)54)43-30-40(22-24-45(43)70-54)68-51(61)55-32-35-13-7-6-8-14-35/h5-8,13-14,17-24,28-30,37,41,48-50,59-60H,1,9-12,15-16,25-27,31-34H2,2-4H3,(H,55,61). The van der Waals surface area contributed by atoms with Crippen molar-refractivity contribution in [1.82, 2.24) is 10.2 Å². The van der Waals surface area contributed by atoms with Gasteiger partial charge in [0.05, 0.1) is 23.2 Å². The topological polar surface area (TPSA) is 210 Å². The van der Waals surface area contributed by atoms with Crippen molar-refractivity contribution in [3.63, 3.8) is 0 Å². The molecular formula is C54H62N4O13. The van der Waals surface area contributed by atoms with Gasteiger partial charge < -0.3 is 48.8 Å². The maximum Gasteiger partial charge on any atom is 0.416 e. The second-order valence-electron chi connectivity index (χ2n) is 19.1. The number of aliphatic hydroxyl groups is 2. The molecule has 2 aliphatic carbocycles. The van der Waals surface area contributed by atoms with E-state index in [1.807, 2.05) is 63.2 Å². The highest BCUT2D eigenvalue weighted by Gasteiger charge is 2.66. The predicted octanol–water partition coefficient (Wildman–Crippen LogP) is 9.75. The normalized spacial score (nSPS) is 22.2. The number of hydrogen-bond donors (Lipinski definition) is 3. The summed E-state index contributed by atoms with van der Waals surface area (Å²) < 4.78 is 38.0. The maximum atomic E-state index is 15.2. The maximum absolute atomic E-state index is 15.2. The van der Waals surface area contributed by atoms with Crippen molar-refractivity contribution in [2.24, 2.45) is 22.9 Å². The van der Waals surface area contributed by atoms with Crippen molar-refractivity contribution in [2.45, 2.75) is 102 Å². The molecule has 17 heteroatoms. The van der Waals surface area contributed by atoms with Gasteiger partial charge in [-0.25, -0.2) is 9.59 Å². The second-order valence-corrected chi connectivity index (χ2v) is 19.1. The van der Waals surface area contributed by atoms with Crippen LogP contribution in [0.3, 0.4) is 0 Å². The largest absolute Gasteiger partial charge is 0.459 e. The molecule has 2 amide bonds. The number of non-ortho nitro benzene ring substituents is 1. The number of carbonyl (C=O) groups excluding carboxylic acids is 2. The molecule has 6 atom stereocenters. The molecule has 71 heavy (non-hydrogen) atoms. The summed E-state index contributed by atoms with van der Waals surface area (Å²) >= 11 is 0. The van der Waals surface area contributed by atoms with Crippen molar-refractivity contribution in [1.29, 1.82) is 0 Å². The van der Waals surface area contributed by atoms with Gasteiger partial charge in [0.15, 0.2) is 11.5 Å². The number of nitro benzene ring substituents is 1. The summed E-state index contributed by atoms with van der Waals surface area (Å²) in [7, 11) is 0. The van der Waals surface area contributed by atoms with Crippen molar-refractivity contribution in [3.8, 4) is 28.7 Å². The molecule has 0 radical (unpaired) electrons. The summed E-state index contributed by atoms with van der Waals surface area (Å²) in [6, 6.07) is 24.4. The zero-order valence-corrected chi connectivity index (χ0v) is 40.3. The van der Waals surface area contributed by atoms with E-state index in [1.54, 1.807) is 30.3 Å². The van der Waals surface area contributed by atoms with Crippen LogP contribution in [-0.2, 0) is 22.7 Å². The molecule has 1 saturated carbocycles. The predicted molar refractivity (Wildman–Crippen MR) is 262 cm³/mol. The first-order chi connectivity index (χ1) is 34.3. The van der Waals surface area contributed by atoms with Gasteiger partial charge in [-0.3, -0.25) is 15.0 Å². The highest BCUT2D eigenvalue weighted by atomic mass is 16.7. The van der Waals surface area contributed by atoms with Crippen LogP contribution in [-0.4, -0.2) is 82.0 Å². The number of hydrogen-bond acceptors (Lipinski definition) is 14. The highest BCUT2D eigenvalue weighted by Crippen LogP contribution is 2.62. The van der Waals surface area contributed by atoms with E-state index >= 15 is 4.79 Å². The van der Waals surface area contributed by atoms with Gasteiger partial charge in [-0.2, -0.15) is 0 Å². The lowest BCUT2D eigenvalue weighted by Crippen LogP contribution is -2.70. The average molecular weight is 975 g/mol. The summed E-state index contributed by atoms with van der Waals surface area (Å²) in [6.07, 6.45) is 6.44. The van der Waals surface area contributed by atoms with Crippen LogP contribution < -0.4 is 29.0 Å². The number of allylic oxidation sites excluding steroid dienone is 1. The number of rotatable bonds is 20. The fourth-order valence-electron chi connectivity index (χ4n) is 10.2. The summed E-state index contributed by atoms with van der Waals surface area (Å²) in [6.45, 7) is 10.00. The van der Waals surface area contributed by atoms with Gasteiger partial charge in [-0.15, -0.1) is 6.58 Å². The Kier molecular flexibility index (Phi) is 15.9. The minimum atomic E-state index is -1.68. The number of ether oxygens (including phenoxy) is 6. The Labute approximate surface area is 413 Å². The van der Waals surface area contributed by atoms with Gasteiger partial charge in [0.1, 0.15) is 28.9 Å². The second kappa shape index (κ2) is 22.4. The van der Waals surface area contributed by atoms with E-state index in [2.05, 4.69) is 18.0 Å². The molecule has 4 aromatic carbocycles. The van der Waals surface area contributed by atoms with Crippen LogP contribution in [0.1, 0.15) is 88.3 Å². The van der Waals surface area contributed by atoms with E-state index in [0.717, 1.165) is 29.5 Å². The molecule has 0 spiro atoms. The molecule has 4 aromatic rings. The Morgan fingerprint density at radius 2 is 1.62 bits per heavy atom. The Hall–Kier alpha value is -6.95. The number of carbonyl (C=O) groups is 2. The molecule has 0 bridgehead atoms. The van der Waals surface area contributed by atoms with Crippen molar-refractivity contribution in [3.05, 3.63) is 142 Å². The number of unbranched alkanes of at least 4 members (excludes halogenated alkanes) is 2. The first-order valence-electron chi connectivity index (χ1n) is 24.2. The van der Waals surface area contributed by atoms with Crippen LogP contribution in [0, 0.1) is 27.9 Å². The first-order valence-corrected chi connectivity index (χ1v) is 24.2. The smallest absolute Gasteiger partial charge is 0.416 e. The van der Waals surface area contributed by atoms with Gasteiger partial charge in [-0.1, -0.05) is 66.5 Å². The highest BCUT2D eigenvalue weighted by molar-refractivity contribution is 6.03. The molecule has 8 rings (SSSR count). The minimum Gasteiger partial charge on any atom is -0.459 e. The molecule has 17 nitrogen and oxygen atoms in total. The molecule has 2 heterocycles. The molecular weight excluding hydrogens is 913 g/mol. The van der Waals surface area contributed by atoms with E-state index in [9.17, 15) is 25.1 Å². The zero-order chi connectivity index (χ0) is 50.1. The van der Waals surface area contributed by atoms with Crippen LogP contribution in [0.4, 0.5) is 15.3 Å². The monoisotopic (exact) mass is 974 g/mol. The molecule has 6 unspecified atom stereocenters. The average Bonchev–Trinajstić information content (AvgIpc) is 3.83. The van der Waals surface area contributed by atoms with Crippen LogP contribution in [0.2, 0.25) is 0 Å². The van der Waals surface area contributed by atoms with E-state index in [-0.39, 0.29) is 75.1 Å². The minimum absolute atomic E-state index is 0.000449. The van der Waals surface area contributed by atoms with Crippen LogP contribution in [0.5, 0.6) is 28.7 Å². The number of nitro groups is 1. The quantitative estimate of drug-likeness (QED) is 0.0326. The first kappa shape index (κ1) is 50.4. The number of benzene rings is 4. The molecule has 0 saturated heterocycles. The van der Waals surface area contributed by atoms with Crippen LogP contribution in [0.15, 0.2) is 120 Å². The number of oxime groups is 1. The molecule has 376 valence electrons. The third kappa shape index (κ3) is 11.6. The molecule has 0 aromatic heterocycles. The SMILES string of the molecule is C=CCOC12Oc3ccc(OC(=O)NCc4ccccc4)cc3C3C(CCCCO)C(CCCCO)C=C(C(=NOC(C)(C)C)CC1N(Cc1ccc4c(c1)OCO4)C(=O)Oc1ccc([N+](=O)[O-])cc1)C32. The number of amides is 2. The van der Waals surface area contributed by atoms with Gasteiger partial charge in [0, 0.05) is 56.3 Å². The number of aliphatic hydroxyl groups excluding tert-OH is 2. The summed E-state index contributed by atoms with van der Waals surface area (Å²) in [5.74, 6) is -1.14. The van der Waals surface area contributed by atoms with Gasteiger partial charge in [-0.05, 0) is 117 Å². The Balaban J connectivity index is 1.31. The van der Waals surface area contributed by atoms with Gasteiger partial charge in [0.2, 0.25) is 12.6 Å². The number of fused-ring (bicyclic) bond motifs is 3. The van der Waals surface area contributed by atoms with Gasteiger partial charge >= 0.3 is 12.2 Å². The Bertz CT molecular complexity index is 2600. The fraction of sp³-hybridized carbons (Fsp3) is 0.426. The van der Waals surface area contributed by atoms with Crippen LogP contribution >= 0.6 is 0 Å². The van der Waals surface area contributed by atoms with Gasteiger partial charge in [0.25, 0.3) is 5.69 Å². The van der Waals surface area contributed by atoms with Crippen molar-refractivity contribution < 1.29 is 58.0 Å². The summed E-state index contributed by atoms with van der Waals surface area (Å²) in [5, 5.41) is 39.4. The molecule has 4 aliphatic rings. The number of nitrogens with one attached hydrogen (secondary N) is 1. The third-order valence-electron chi connectivity index (χ3n) is 13.2.